The van der Waals surface area contributed by atoms with Crippen molar-refractivity contribution >= 4 is 23.4 Å². The van der Waals surface area contributed by atoms with Gasteiger partial charge >= 0.3 is 6.03 Å². The molecular formula is C20H22N6O2. The molecule has 3 aromatic rings. The van der Waals surface area contributed by atoms with Gasteiger partial charge in [0, 0.05) is 41.9 Å². The van der Waals surface area contributed by atoms with Crippen molar-refractivity contribution in [2.75, 3.05) is 10.6 Å². The molecule has 0 saturated heterocycles. The van der Waals surface area contributed by atoms with Gasteiger partial charge in [0.2, 0.25) is 0 Å². The molecule has 2 heterocycles. The van der Waals surface area contributed by atoms with Gasteiger partial charge in [0.05, 0.1) is 6.54 Å². The van der Waals surface area contributed by atoms with Crippen molar-refractivity contribution in [3.63, 3.8) is 0 Å². The summed E-state index contributed by atoms with van der Waals surface area (Å²) >= 11 is 0. The summed E-state index contributed by atoms with van der Waals surface area (Å²) in [5, 5.41) is 12.6. The second-order valence-corrected chi connectivity index (χ2v) is 6.55. The van der Waals surface area contributed by atoms with Gasteiger partial charge in [-0.3, -0.25) is 14.5 Å². The minimum absolute atomic E-state index is 0.0215. The fourth-order valence-electron chi connectivity index (χ4n) is 2.55. The molecule has 0 aliphatic heterocycles. The maximum atomic E-state index is 12.5. The van der Waals surface area contributed by atoms with Crippen LogP contribution in [0.25, 0.3) is 0 Å². The molecule has 28 heavy (non-hydrogen) atoms. The van der Waals surface area contributed by atoms with Crippen LogP contribution in [0.3, 0.4) is 0 Å². The van der Waals surface area contributed by atoms with Crippen LogP contribution in [0.4, 0.5) is 16.3 Å². The van der Waals surface area contributed by atoms with Gasteiger partial charge in [-0.2, -0.15) is 5.10 Å². The zero-order valence-electron chi connectivity index (χ0n) is 15.7. The Kier molecular flexibility index (Phi) is 6.01. The Bertz CT molecular complexity index is 952. The van der Waals surface area contributed by atoms with Crippen molar-refractivity contribution < 1.29 is 9.59 Å². The highest BCUT2D eigenvalue weighted by Gasteiger charge is 2.10. The highest BCUT2D eigenvalue weighted by Crippen LogP contribution is 2.13. The topological polar surface area (TPSA) is 101 Å². The molecule has 0 radical (unpaired) electrons. The van der Waals surface area contributed by atoms with Crippen molar-refractivity contribution in [1.29, 1.82) is 0 Å². The lowest BCUT2D eigenvalue weighted by molar-refractivity contribution is 0.102. The quantitative estimate of drug-likeness (QED) is 0.613. The van der Waals surface area contributed by atoms with E-state index in [0.29, 0.717) is 23.6 Å². The predicted molar refractivity (Wildman–Crippen MR) is 107 cm³/mol. The molecule has 0 bridgehead atoms. The van der Waals surface area contributed by atoms with Crippen molar-refractivity contribution in [2.45, 2.75) is 26.4 Å². The number of urea groups is 1. The molecule has 3 N–H and O–H groups in total. The molecule has 1 aromatic carbocycles. The Morgan fingerprint density at radius 1 is 1.11 bits per heavy atom. The van der Waals surface area contributed by atoms with Crippen molar-refractivity contribution in [1.82, 2.24) is 20.1 Å². The number of carbonyl (C=O) groups excluding carboxylic acids is 2. The smallest absolute Gasteiger partial charge is 0.319 e. The van der Waals surface area contributed by atoms with Crippen LogP contribution >= 0.6 is 0 Å². The molecule has 0 aliphatic rings. The van der Waals surface area contributed by atoms with Gasteiger partial charge in [-0.05, 0) is 43.7 Å². The van der Waals surface area contributed by atoms with Gasteiger partial charge in [0.1, 0.15) is 0 Å². The SMILES string of the molecule is CC(C)NC(=O)Nc1cccc(C(=O)Nc2ccn(Cc3cccnc3)n2)c1. The summed E-state index contributed by atoms with van der Waals surface area (Å²) < 4.78 is 1.72. The number of amides is 3. The molecule has 0 spiro atoms. The molecule has 0 fully saturated rings. The Hall–Kier alpha value is -3.68. The Balaban J connectivity index is 1.62. The van der Waals surface area contributed by atoms with Crippen molar-refractivity contribution in [2.24, 2.45) is 0 Å². The molecular weight excluding hydrogens is 356 g/mol. The summed E-state index contributed by atoms with van der Waals surface area (Å²) in [5.41, 5.74) is 1.97. The fraction of sp³-hybridized carbons (Fsp3) is 0.200. The zero-order valence-corrected chi connectivity index (χ0v) is 15.7. The predicted octanol–water partition coefficient (Wildman–Crippen LogP) is 3.11. The van der Waals surface area contributed by atoms with E-state index in [1.807, 2.05) is 26.0 Å². The molecule has 144 valence electrons. The number of anilines is 2. The summed E-state index contributed by atoms with van der Waals surface area (Å²) in [6.07, 6.45) is 5.28. The van der Waals surface area contributed by atoms with Crippen molar-refractivity contribution in [3.05, 3.63) is 72.2 Å². The number of nitrogens with one attached hydrogen (secondary N) is 3. The fourth-order valence-corrected chi connectivity index (χ4v) is 2.55. The number of hydrogen-bond donors (Lipinski definition) is 3. The normalized spacial score (nSPS) is 10.5. The van der Waals surface area contributed by atoms with E-state index in [2.05, 4.69) is 26.0 Å². The third-order valence-corrected chi connectivity index (χ3v) is 3.75. The van der Waals surface area contributed by atoms with Crippen molar-refractivity contribution in [3.8, 4) is 0 Å². The lowest BCUT2D eigenvalue weighted by Crippen LogP contribution is -2.34. The number of hydrogen-bond acceptors (Lipinski definition) is 4. The minimum atomic E-state index is -0.318. The van der Waals surface area contributed by atoms with Crippen LogP contribution in [-0.4, -0.2) is 32.7 Å². The van der Waals surface area contributed by atoms with Crippen LogP contribution in [-0.2, 0) is 6.54 Å². The highest BCUT2D eigenvalue weighted by molar-refractivity contribution is 6.04. The summed E-state index contributed by atoms with van der Waals surface area (Å²) in [4.78, 5) is 28.4. The molecule has 8 nitrogen and oxygen atoms in total. The average Bonchev–Trinajstić information content (AvgIpc) is 3.08. The lowest BCUT2D eigenvalue weighted by atomic mass is 10.2. The first-order chi connectivity index (χ1) is 13.5. The molecule has 3 rings (SSSR count). The van der Waals surface area contributed by atoms with E-state index < -0.39 is 0 Å². The molecule has 0 aliphatic carbocycles. The van der Waals surface area contributed by atoms with Crippen LogP contribution in [0.5, 0.6) is 0 Å². The number of nitrogens with zero attached hydrogens (tertiary/aromatic N) is 3. The Morgan fingerprint density at radius 3 is 2.71 bits per heavy atom. The van der Waals surface area contributed by atoms with Crippen LogP contribution in [0.2, 0.25) is 0 Å². The second kappa shape index (κ2) is 8.81. The van der Waals surface area contributed by atoms with E-state index >= 15 is 0 Å². The van der Waals surface area contributed by atoms with E-state index in [1.54, 1.807) is 53.6 Å². The molecule has 0 atom stereocenters. The van der Waals surface area contributed by atoms with Gasteiger partial charge < -0.3 is 16.0 Å². The van der Waals surface area contributed by atoms with E-state index in [4.69, 9.17) is 0 Å². The summed E-state index contributed by atoms with van der Waals surface area (Å²) in [6, 6.07) is 12.0. The lowest BCUT2D eigenvalue weighted by Gasteiger charge is -2.11. The largest absolute Gasteiger partial charge is 0.336 e. The van der Waals surface area contributed by atoms with Gasteiger partial charge in [-0.25, -0.2) is 4.79 Å². The first kappa shape index (κ1) is 19.1. The first-order valence-corrected chi connectivity index (χ1v) is 8.91. The van der Waals surface area contributed by atoms with E-state index in [-0.39, 0.29) is 18.0 Å². The third kappa shape index (κ3) is 5.41. The summed E-state index contributed by atoms with van der Waals surface area (Å²) in [5.74, 6) is 0.143. The first-order valence-electron chi connectivity index (χ1n) is 8.91. The number of aromatic nitrogens is 3. The van der Waals surface area contributed by atoms with Gasteiger partial charge in [-0.1, -0.05) is 12.1 Å². The molecule has 2 aromatic heterocycles. The van der Waals surface area contributed by atoms with E-state index in [1.165, 1.54) is 0 Å². The maximum Gasteiger partial charge on any atom is 0.319 e. The standard InChI is InChI=1S/C20H22N6O2/c1-14(2)22-20(28)23-17-7-3-6-16(11-17)19(27)24-18-8-10-26(25-18)13-15-5-4-9-21-12-15/h3-12,14H,13H2,1-2H3,(H2,22,23,28)(H,24,25,27). The number of pyridine rings is 1. The molecule has 0 unspecified atom stereocenters. The van der Waals surface area contributed by atoms with Gasteiger partial charge in [-0.15, -0.1) is 0 Å². The molecule has 8 heteroatoms. The van der Waals surface area contributed by atoms with E-state index in [9.17, 15) is 9.59 Å². The van der Waals surface area contributed by atoms with Crippen LogP contribution in [0.1, 0.15) is 29.8 Å². The molecule has 3 amide bonds. The average molecular weight is 378 g/mol. The summed E-state index contributed by atoms with van der Waals surface area (Å²) in [6.45, 7) is 4.31. The second-order valence-electron chi connectivity index (χ2n) is 6.55. The summed E-state index contributed by atoms with van der Waals surface area (Å²) in [7, 11) is 0. The maximum absolute atomic E-state index is 12.5. The van der Waals surface area contributed by atoms with Crippen LogP contribution < -0.4 is 16.0 Å². The third-order valence-electron chi connectivity index (χ3n) is 3.75. The number of benzene rings is 1. The van der Waals surface area contributed by atoms with Crippen LogP contribution in [0.15, 0.2) is 61.1 Å². The van der Waals surface area contributed by atoms with Gasteiger partial charge in [0.25, 0.3) is 5.91 Å². The molecule has 0 saturated carbocycles. The monoisotopic (exact) mass is 378 g/mol. The Labute approximate surface area is 163 Å². The Morgan fingerprint density at radius 2 is 1.96 bits per heavy atom. The number of carbonyl (C=O) groups is 2. The van der Waals surface area contributed by atoms with E-state index in [0.717, 1.165) is 5.56 Å². The zero-order chi connectivity index (χ0) is 19.9. The van der Waals surface area contributed by atoms with Crippen LogP contribution in [0, 0.1) is 0 Å². The van der Waals surface area contributed by atoms with Gasteiger partial charge in [0.15, 0.2) is 5.82 Å². The highest BCUT2D eigenvalue weighted by atomic mass is 16.2. The number of rotatable bonds is 6. The minimum Gasteiger partial charge on any atom is -0.336 e.